The van der Waals surface area contributed by atoms with Crippen LogP contribution in [0.1, 0.15) is 33.3 Å². The Balaban J connectivity index is 2.01. The second kappa shape index (κ2) is 8.77. The van der Waals surface area contributed by atoms with Gasteiger partial charge in [0.05, 0.1) is 5.25 Å². The van der Waals surface area contributed by atoms with Gasteiger partial charge in [0.25, 0.3) is 0 Å². The van der Waals surface area contributed by atoms with Crippen LogP contribution < -0.4 is 5.32 Å². The Morgan fingerprint density at radius 2 is 2.12 bits per heavy atom. The number of nitrogens with one attached hydrogen (secondary N) is 1. The molecule has 1 N–H and O–H groups in total. The monoisotopic (exact) mass is 348 g/mol. The molecule has 0 aliphatic rings. The van der Waals surface area contributed by atoms with Crippen molar-refractivity contribution in [2.45, 2.75) is 51.2 Å². The molecule has 0 aliphatic heterocycles. The number of pyridine rings is 1. The Kier molecular flexibility index (Phi) is 6.72. The minimum Gasteiger partial charge on any atom is -0.351 e. The predicted octanol–water partition coefficient (Wildman–Crippen LogP) is 2.16. The number of thioether (sulfide) groups is 1. The number of carbonyl (C=O) groups excluding carboxylic acids is 1. The van der Waals surface area contributed by atoms with E-state index in [1.54, 1.807) is 17.1 Å². The van der Waals surface area contributed by atoms with Gasteiger partial charge in [-0.25, -0.2) is 4.68 Å². The fraction of sp³-hybridized carbons (Fsp3) is 0.562. The van der Waals surface area contributed by atoms with E-state index in [4.69, 9.17) is 0 Å². The maximum absolute atomic E-state index is 12.6. The molecule has 1 atom stereocenters. The summed E-state index contributed by atoms with van der Waals surface area (Å²) >= 11 is 1.41. The highest BCUT2D eigenvalue weighted by Gasteiger charge is 2.26. The van der Waals surface area contributed by atoms with Crippen LogP contribution in [0.2, 0.25) is 0 Å². The van der Waals surface area contributed by atoms with E-state index in [0.29, 0.717) is 17.6 Å². The topological polar surface area (TPSA) is 85.6 Å². The first-order chi connectivity index (χ1) is 11.5. The summed E-state index contributed by atoms with van der Waals surface area (Å²) in [5.74, 6) is 0.579. The predicted molar refractivity (Wildman–Crippen MR) is 93.2 cm³/mol. The van der Waals surface area contributed by atoms with E-state index in [1.165, 1.54) is 11.8 Å². The van der Waals surface area contributed by atoms with E-state index in [0.717, 1.165) is 12.1 Å². The highest BCUT2D eigenvalue weighted by Crippen LogP contribution is 2.26. The zero-order chi connectivity index (χ0) is 17.5. The minimum atomic E-state index is -0.251. The molecule has 130 valence electrons. The summed E-state index contributed by atoms with van der Waals surface area (Å²) in [5.41, 5.74) is 0.975. The van der Waals surface area contributed by atoms with Gasteiger partial charge in [0.1, 0.15) is 0 Å². The highest BCUT2D eigenvalue weighted by molar-refractivity contribution is 8.00. The summed E-state index contributed by atoms with van der Waals surface area (Å²) in [6, 6.07) is 3.80. The van der Waals surface area contributed by atoms with Crippen molar-refractivity contribution < 1.29 is 4.79 Å². The molecule has 2 aromatic rings. The van der Waals surface area contributed by atoms with E-state index in [1.807, 2.05) is 26.0 Å². The fourth-order valence-corrected chi connectivity index (χ4v) is 3.15. The largest absolute Gasteiger partial charge is 0.351 e. The third-order valence-corrected chi connectivity index (χ3v) is 4.84. The van der Waals surface area contributed by atoms with Crippen LogP contribution in [-0.4, -0.2) is 36.3 Å². The zero-order valence-corrected chi connectivity index (χ0v) is 15.3. The van der Waals surface area contributed by atoms with Gasteiger partial charge in [-0.2, -0.15) is 0 Å². The van der Waals surface area contributed by atoms with Crippen molar-refractivity contribution in [2.75, 3.05) is 0 Å². The smallest absolute Gasteiger partial charge is 0.234 e. The van der Waals surface area contributed by atoms with Gasteiger partial charge in [-0.15, -0.1) is 5.10 Å². The lowest BCUT2D eigenvalue weighted by atomic mass is 10.1. The molecule has 1 unspecified atom stereocenters. The minimum absolute atomic E-state index is 0.0158. The van der Waals surface area contributed by atoms with Gasteiger partial charge in [0.15, 0.2) is 0 Å². The lowest BCUT2D eigenvalue weighted by molar-refractivity contribution is -0.121. The van der Waals surface area contributed by atoms with E-state index in [-0.39, 0.29) is 17.1 Å². The normalized spacial score (nSPS) is 12.6. The summed E-state index contributed by atoms with van der Waals surface area (Å²) in [5, 5.41) is 15.2. The number of hydrogen-bond acceptors (Lipinski definition) is 6. The van der Waals surface area contributed by atoms with Crippen LogP contribution >= 0.6 is 11.8 Å². The van der Waals surface area contributed by atoms with Gasteiger partial charge in [-0.1, -0.05) is 45.5 Å². The Hall–Kier alpha value is -1.96. The molecule has 8 heteroatoms. The van der Waals surface area contributed by atoms with Crippen molar-refractivity contribution in [3.63, 3.8) is 0 Å². The standard InChI is InChI=1S/C16H24N6OS/c1-11(2)10-22-16(19-20-21-22)24-14(12(3)4)15(23)18-9-13-6-5-7-17-8-13/h5-8,11-12,14H,9-10H2,1-4H3,(H,18,23). The molecule has 1 amide bonds. The lowest BCUT2D eigenvalue weighted by Crippen LogP contribution is -2.35. The second-order valence-corrected chi connectivity index (χ2v) is 7.51. The van der Waals surface area contributed by atoms with Crippen molar-refractivity contribution in [3.8, 4) is 0 Å². The number of nitrogens with zero attached hydrogens (tertiary/aromatic N) is 5. The first kappa shape index (κ1) is 18.4. The number of tetrazole rings is 1. The average Bonchev–Trinajstić information content (AvgIpc) is 2.97. The molecular formula is C16H24N6OS. The SMILES string of the molecule is CC(C)Cn1nnnc1SC(C(=O)NCc1cccnc1)C(C)C. The maximum atomic E-state index is 12.6. The van der Waals surface area contributed by atoms with Gasteiger partial charge >= 0.3 is 0 Å². The van der Waals surface area contributed by atoms with Gasteiger partial charge in [-0.05, 0) is 33.9 Å². The molecule has 7 nitrogen and oxygen atoms in total. The van der Waals surface area contributed by atoms with Crippen molar-refractivity contribution in [3.05, 3.63) is 30.1 Å². The zero-order valence-electron chi connectivity index (χ0n) is 14.5. The summed E-state index contributed by atoms with van der Waals surface area (Å²) in [6.45, 7) is 9.47. The molecule has 0 saturated carbocycles. The molecule has 0 radical (unpaired) electrons. The van der Waals surface area contributed by atoms with Crippen molar-refractivity contribution >= 4 is 17.7 Å². The summed E-state index contributed by atoms with van der Waals surface area (Å²) in [4.78, 5) is 16.6. The van der Waals surface area contributed by atoms with Gasteiger partial charge in [0, 0.05) is 25.5 Å². The summed E-state index contributed by atoms with van der Waals surface area (Å²) in [6.07, 6.45) is 3.47. The van der Waals surface area contributed by atoms with Gasteiger partial charge < -0.3 is 5.32 Å². The summed E-state index contributed by atoms with van der Waals surface area (Å²) in [7, 11) is 0. The molecule has 0 saturated heterocycles. The number of amides is 1. The lowest BCUT2D eigenvalue weighted by Gasteiger charge is -2.19. The van der Waals surface area contributed by atoms with Crippen LogP contribution in [-0.2, 0) is 17.9 Å². The van der Waals surface area contributed by atoms with Crippen LogP contribution in [0.15, 0.2) is 29.7 Å². The average molecular weight is 348 g/mol. The third kappa shape index (κ3) is 5.30. The Labute approximate surface area is 146 Å². The highest BCUT2D eigenvalue weighted by atomic mass is 32.2. The molecule has 2 rings (SSSR count). The molecule has 24 heavy (non-hydrogen) atoms. The fourth-order valence-electron chi connectivity index (χ4n) is 2.14. The first-order valence-corrected chi connectivity index (χ1v) is 8.94. The van der Waals surface area contributed by atoms with E-state index in [2.05, 4.69) is 39.7 Å². The quantitative estimate of drug-likeness (QED) is 0.736. The molecule has 0 aromatic carbocycles. The molecule has 2 aromatic heterocycles. The van der Waals surface area contributed by atoms with Crippen LogP contribution in [0.3, 0.4) is 0 Å². The van der Waals surface area contributed by atoms with E-state index >= 15 is 0 Å². The van der Waals surface area contributed by atoms with Crippen LogP contribution in [0.5, 0.6) is 0 Å². The number of hydrogen-bond donors (Lipinski definition) is 1. The maximum Gasteiger partial charge on any atom is 0.234 e. The number of carbonyl (C=O) groups is 1. The van der Waals surface area contributed by atoms with Gasteiger partial charge in [-0.3, -0.25) is 9.78 Å². The van der Waals surface area contributed by atoms with E-state index in [9.17, 15) is 4.79 Å². The van der Waals surface area contributed by atoms with Gasteiger partial charge in [0.2, 0.25) is 11.1 Å². The molecule has 0 aliphatic carbocycles. The third-order valence-electron chi connectivity index (χ3n) is 3.32. The molecular weight excluding hydrogens is 324 g/mol. The first-order valence-electron chi connectivity index (χ1n) is 8.06. The molecule has 0 spiro atoms. The van der Waals surface area contributed by atoms with Crippen molar-refractivity contribution in [2.24, 2.45) is 11.8 Å². The molecule has 0 fully saturated rings. The van der Waals surface area contributed by atoms with E-state index < -0.39 is 0 Å². The number of rotatable bonds is 8. The Morgan fingerprint density at radius 1 is 1.33 bits per heavy atom. The Bertz CT molecular complexity index is 643. The van der Waals surface area contributed by atoms with Crippen LogP contribution in [0, 0.1) is 11.8 Å². The number of aromatic nitrogens is 5. The summed E-state index contributed by atoms with van der Waals surface area (Å²) < 4.78 is 1.76. The Morgan fingerprint density at radius 3 is 2.75 bits per heavy atom. The molecule has 2 heterocycles. The van der Waals surface area contributed by atoms with Crippen molar-refractivity contribution in [1.82, 2.24) is 30.5 Å². The second-order valence-electron chi connectivity index (χ2n) is 6.40. The molecule has 0 bridgehead atoms. The van der Waals surface area contributed by atoms with Crippen LogP contribution in [0.25, 0.3) is 0 Å². The van der Waals surface area contributed by atoms with Crippen molar-refractivity contribution in [1.29, 1.82) is 0 Å². The van der Waals surface area contributed by atoms with Crippen LogP contribution in [0.4, 0.5) is 0 Å².